The van der Waals surface area contributed by atoms with Crippen molar-refractivity contribution in [1.82, 2.24) is 0 Å². The molecule has 3 nitrogen and oxygen atoms in total. The van der Waals surface area contributed by atoms with Crippen molar-refractivity contribution in [3.05, 3.63) is 23.8 Å². The van der Waals surface area contributed by atoms with Crippen molar-refractivity contribution in [3.63, 3.8) is 0 Å². The lowest BCUT2D eigenvalue weighted by Gasteiger charge is -2.06. The van der Waals surface area contributed by atoms with Gasteiger partial charge in [-0.15, -0.1) is 0 Å². The molecule has 1 unspecified atom stereocenters. The Bertz CT molecular complexity index is 323. The van der Waals surface area contributed by atoms with Crippen molar-refractivity contribution in [3.8, 4) is 5.75 Å². The maximum atomic E-state index is 10.9. The molecule has 0 aliphatic heterocycles. The molecule has 0 aliphatic rings. The van der Waals surface area contributed by atoms with Gasteiger partial charge >= 0.3 is 0 Å². The Labute approximate surface area is 80.0 Å². The van der Waals surface area contributed by atoms with E-state index in [-0.39, 0.29) is 0 Å². The predicted molar refractivity (Wildman–Crippen MR) is 51.4 cm³/mol. The monoisotopic (exact) mass is 200 g/mol. The second-order valence-corrected chi connectivity index (χ2v) is 3.53. The molecule has 0 aromatic heterocycles. The lowest BCUT2D eigenvalue weighted by molar-refractivity contribution is 0.401. The van der Waals surface area contributed by atoms with E-state index in [4.69, 9.17) is 9.29 Å². The third kappa shape index (κ3) is 2.29. The van der Waals surface area contributed by atoms with Gasteiger partial charge in [0.15, 0.2) is 11.1 Å². The Morgan fingerprint density at radius 2 is 2.23 bits per heavy atom. The van der Waals surface area contributed by atoms with Crippen molar-refractivity contribution in [1.29, 1.82) is 0 Å². The van der Waals surface area contributed by atoms with E-state index in [2.05, 4.69) is 0 Å². The second-order valence-electron chi connectivity index (χ2n) is 2.59. The van der Waals surface area contributed by atoms with Gasteiger partial charge in [-0.05, 0) is 24.1 Å². The van der Waals surface area contributed by atoms with E-state index in [0.717, 1.165) is 12.0 Å². The molecule has 0 saturated heterocycles. The van der Waals surface area contributed by atoms with Gasteiger partial charge < -0.3 is 9.29 Å². The van der Waals surface area contributed by atoms with Gasteiger partial charge in [-0.25, -0.2) is 4.21 Å². The maximum Gasteiger partial charge on any atom is 0.190 e. The number of hydrogen-bond donors (Lipinski definition) is 1. The minimum absolute atomic E-state index is 0.335. The van der Waals surface area contributed by atoms with Gasteiger partial charge in [-0.1, -0.05) is 13.0 Å². The van der Waals surface area contributed by atoms with Crippen LogP contribution in [0.5, 0.6) is 5.75 Å². The molecule has 72 valence electrons. The molecule has 4 heteroatoms. The first-order valence-electron chi connectivity index (χ1n) is 3.96. The normalized spacial score (nSPS) is 12.5. The number of benzene rings is 1. The van der Waals surface area contributed by atoms with Gasteiger partial charge in [0.05, 0.1) is 7.11 Å². The number of hydrogen-bond acceptors (Lipinski definition) is 2. The van der Waals surface area contributed by atoms with E-state index >= 15 is 0 Å². The van der Waals surface area contributed by atoms with Gasteiger partial charge in [0.2, 0.25) is 0 Å². The van der Waals surface area contributed by atoms with Crippen LogP contribution in [0.15, 0.2) is 23.1 Å². The Morgan fingerprint density at radius 3 is 2.69 bits per heavy atom. The summed E-state index contributed by atoms with van der Waals surface area (Å²) in [5.74, 6) is 0.457. The molecule has 0 radical (unpaired) electrons. The molecule has 1 atom stereocenters. The first-order valence-corrected chi connectivity index (χ1v) is 5.07. The van der Waals surface area contributed by atoms with Crippen LogP contribution in [-0.4, -0.2) is 15.9 Å². The van der Waals surface area contributed by atoms with Crippen LogP contribution in [0.2, 0.25) is 0 Å². The zero-order chi connectivity index (χ0) is 9.84. The van der Waals surface area contributed by atoms with Gasteiger partial charge in [-0.3, -0.25) is 0 Å². The molecule has 0 bridgehead atoms. The standard InChI is InChI=1S/C9H12O3S/c1-3-7-4-5-8(12-2)9(6-7)13(10)11/h4-6H,3H2,1-2H3,(H,10,11). The highest BCUT2D eigenvalue weighted by Crippen LogP contribution is 2.22. The lowest BCUT2D eigenvalue weighted by Crippen LogP contribution is -1.95. The van der Waals surface area contributed by atoms with E-state index in [0.29, 0.717) is 10.6 Å². The van der Waals surface area contributed by atoms with E-state index in [1.165, 1.54) is 7.11 Å². The highest BCUT2D eigenvalue weighted by atomic mass is 32.2. The summed E-state index contributed by atoms with van der Waals surface area (Å²) < 4.78 is 24.8. The van der Waals surface area contributed by atoms with Crippen molar-refractivity contribution < 1.29 is 13.5 Å². The molecule has 0 aliphatic carbocycles. The molecule has 0 fully saturated rings. The van der Waals surface area contributed by atoms with Gasteiger partial charge in [0.1, 0.15) is 10.6 Å². The first-order chi connectivity index (χ1) is 6.19. The Hall–Kier alpha value is -0.870. The SMILES string of the molecule is CCc1ccc(OC)c(S(=O)O)c1. The predicted octanol–water partition coefficient (Wildman–Crippen LogP) is 1.84. The average Bonchev–Trinajstić information content (AvgIpc) is 2.16. The number of ether oxygens (including phenoxy) is 1. The first kappa shape index (κ1) is 10.2. The van der Waals surface area contributed by atoms with E-state index < -0.39 is 11.1 Å². The average molecular weight is 200 g/mol. The molecule has 1 N–H and O–H groups in total. The van der Waals surface area contributed by atoms with Crippen LogP contribution in [0.3, 0.4) is 0 Å². The molecular formula is C9H12O3S. The van der Waals surface area contributed by atoms with Crippen molar-refractivity contribution in [2.75, 3.05) is 7.11 Å². The summed E-state index contributed by atoms with van der Waals surface area (Å²) in [5.41, 5.74) is 1.03. The second kappa shape index (κ2) is 4.39. The highest BCUT2D eigenvalue weighted by molar-refractivity contribution is 7.79. The lowest BCUT2D eigenvalue weighted by atomic mass is 10.2. The molecule has 1 aromatic carbocycles. The van der Waals surface area contributed by atoms with Crippen LogP contribution in [0, 0.1) is 0 Å². The topological polar surface area (TPSA) is 46.5 Å². The van der Waals surface area contributed by atoms with Gasteiger partial charge in [0.25, 0.3) is 0 Å². The minimum Gasteiger partial charge on any atom is -0.495 e. The largest absolute Gasteiger partial charge is 0.495 e. The van der Waals surface area contributed by atoms with Crippen LogP contribution in [0.1, 0.15) is 12.5 Å². The third-order valence-corrected chi connectivity index (χ3v) is 2.52. The van der Waals surface area contributed by atoms with E-state index in [9.17, 15) is 4.21 Å². The fourth-order valence-electron chi connectivity index (χ4n) is 1.08. The van der Waals surface area contributed by atoms with Gasteiger partial charge in [-0.2, -0.15) is 0 Å². The summed E-state index contributed by atoms with van der Waals surface area (Å²) in [6.07, 6.45) is 0.841. The van der Waals surface area contributed by atoms with Crippen molar-refractivity contribution in [2.45, 2.75) is 18.2 Å². The van der Waals surface area contributed by atoms with Crippen LogP contribution < -0.4 is 4.74 Å². The van der Waals surface area contributed by atoms with Crippen molar-refractivity contribution in [2.24, 2.45) is 0 Å². The molecule has 1 aromatic rings. The number of methoxy groups -OCH3 is 1. The molecule has 13 heavy (non-hydrogen) atoms. The van der Waals surface area contributed by atoms with Crippen LogP contribution in [0.25, 0.3) is 0 Å². The summed E-state index contributed by atoms with van der Waals surface area (Å²) >= 11 is -1.98. The molecule has 1 rings (SSSR count). The summed E-state index contributed by atoms with van der Waals surface area (Å²) in [4.78, 5) is 0.335. The van der Waals surface area contributed by atoms with E-state index in [1.807, 2.05) is 13.0 Å². The summed E-state index contributed by atoms with van der Waals surface area (Å²) in [5, 5.41) is 0. The number of rotatable bonds is 3. The molecule has 0 heterocycles. The molecular weight excluding hydrogens is 188 g/mol. The molecule has 0 spiro atoms. The van der Waals surface area contributed by atoms with Crippen LogP contribution in [0.4, 0.5) is 0 Å². The molecule has 0 amide bonds. The zero-order valence-corrected chi connectivity index (χ0v) is 8.43. The fraction of sp³-hybridized carbons (Fsp3) is 0.333. The summed E-state index contributed by atoms with van der Waals surface area (Å²) in [7, 11) is 1.48. The summed E-state index contributed by atoms with van der Waals surface area (Å²) in [6.45, 7) is 1.99. The van der Waals surface area contributed by atoms with Crippen LogP contribution in [-0.2, 0) is 17.5 Å². The van der Waals surface area contributed by atoms with Gasteiger partial charge in [0, 0.05) is 0 Å². The fourth-order valence-corrected chi connectivity index (χ4v) is 1.65. The third-order valence-electron chi connectivity index (χ3n) is 1.82. The minimum atomic E-state index is -1.98. The molecule has 0 saturated carbocycles. The quantitative estimate of drug-likeness (QED) is 0.757. The Balaban J connectivity index is 3.18. The zero-order valence-electron chi connectivity index (χ0n) is 7.61. The Kier molecular flexibility index (Phi) is 3.45. The Morgan fingerprint density at radius 1 is 1.54 bits per heavy atom. The smallest absolute Gasteiger partial charge is 0.190 e. The summed E-state index contributed by atoms with van der Waals surface area (Å²) in [6, 6.07) is 5.28. The highest BCUT2D eigenvalue weighted by Gasteiger charge is 2.08. The number of aryl methyl sites for hydroxylation is 1. The van der Waals surface area contributed by atoms with Crippen molar-refractivity contribution >= 4 is 11.1 Å². The van der Waals surface area contributed by atoms with E-state index in [1.54, 1.807) is 12.1 Å². The van der Waals surface area contributed by atoms with Crippen LogP contribution >= 0.6 is 0 Å². The maximum absolute atomic E-state index is 10.9.